The molecule has 10 heteroatoms. The van der Waals surface area contributed by atoms with Crippen molar-refractivity contribution < 1.29 is 24.2 Å². The van der Waals surface area contributed by atoms with E-state index in [1.54, 1.807) is 37.6 Å². The number of nitrogens with one attached hydrogen (secondary N) is 3. The van der Waals surface area contributed by atoms with Gasteiger partial charge < -0.3 is 36.3 Å². The van der Waals surface area contributed by atoms with Gasteiger partial charge in [-0.3, -0.25) is 9.59 Å². The van der Waals surface area contributed by atoms with E-state index >= 15 is 0 Å². The maximum Gasteiger partial charge on any atom is 0.251 e. The number of aromatic nitrogens is 1. The van der Waals surface area contributed by atoms with Gasteiger partial charge in [-0.05, 0) is 72.9 Å². The van der Waals surface area contributed by atoms with Crippen LogP contribution in [0.4, 0.5) is 5.82 Å². The van der Waals surface area contributed by atoms with E-state index in [1.165, 1.54) is 0 Å². The van der Waals surface area contributed by atoms with E-state index in [2.05, 4.69) is 27.9 Å². The lowest BCUT2D eigenvalue weighted by Crippen LogP contribution is -2.32. The van der Waals surface area contributed by atoms with E-state index in [1.807, 2.05) is 61.5 Å². The monoisotopic (exact) mass is 625 g/mol. The summed E-state index contributed by atoms with van der Waals surface area (Å²) in [6.07, 6.45) is 1.91. The highest BCUT2D eigenvalue weighted by atomic mass is 16.5. The van der Waals surface area contributed by atoms with Gasteiger partial charge in [0.25, 0.3) is 5.91 Å². The number of benzene rings is 3. The number of hydrogen-bond donors (Lipinski definition) is 5. The molecule has 4 rings (SSSR count). The molecule has 0 aliphatic heterocycles. The average Bonchev–Trinajstić information content (AvgIpc) is 3.06. The molecule has 0 aliphatic carbocycles. The second-order valence-corrected chi connectivity index (χ2v) is 11.1. The number of carbonyl (C=O) groups is 2. The summed E-state index contributed by atoms with van der Waals surface area (Å²) in [5, 5.41) is 19.7. The third-order valence-electron chi connectivity index (χ3n) is 7.44. The Morgan fingerprint density at radius 2 is 1.63 bits per heavy atom. The first-order chi connectivity index (χ1) is 22.2. The fourth-order valence-corrected chi connectivity index (χ4v) is 4.94. The molecule has 0 saturated carbocycles. The quantitative estimate of drug-likeness (QED) is 0.125. The molecule has 0 radical (unpaired) electrons. The van der Waals surface area contributed by atoms with Gasteiger partial charge in [-0.25, -0.2) is 4.98 Å². The second kappa shape index (κ2) is 17.0. The summed E-state index contributed by atoms with van der Waals surface area (Å²) < 4.78 is 10.9. The van der Waals surface area contributed by atoms with Crippen molar-refractivity contribution in [3.63, 3.8) is 0 Å². The molecule has 0 aliphatic rings. The zero-order valence-electron chi connectivity index (χ0n) is 26.6. The van der Waals surface area contributed by atoms with E-state index in [0.717, 1.165) is 28.7 Å². The summed E-state index contributed by atoms with van der Waals surface area (Å²) in [5.74, 6) is 1.43. The third-order valence-corrected chi connectivity index (χ3v) is 7.44. The number of amides is 2. The Kier molecular flexibility index (Phi) is 12.5. The topological polar surface area (TPSA) is 148 Å². The second-order valence-electron chi connectivity index (χ2n) is 11.1. The number of nitrogens with two attached hydrogens (primary N) is 1. The Morgan fingerprint density at radius 1 is 0.891 bits per heavy atom. The number of anilines is 1. The molecule has 0 bridgehead atoms. The number of ether oxygens (including phenoxy) is 2. The van der Waals surface area contributed by atoms with Gasteiger partial charge in [-0.2, -0.15) is 0 Å². The Labute approximate surface area is 270 Å². The van der Waals surface area contributed by atoms with Crippen LogP contribution in [0.1, 0.15) is 58.1 Å². The Hall–Kier alpha value is -4.93. The van der Waals surface area contributed by atoms with Crippen molar-refractivity contribution in [1.29, 1.82) is 0 Å². The molecule has 242 valence electrons. The van der Waals surface area contributed by atoms with Gasteiger partial charge in [-0.1, -0.05) is 48.5 Å². The molecule has 2 amide bonds. The SMILES string of the molecule is CCOc1cc(CNC(=O)c2ccc(CNC(=O)Cc3cccc(CC(C)NC[C@H](O)c4ccc(N)nc4)c3)cc2)ccc1OC. The first-order valence-corrected chi connectivity index (χ1v) is 15.4. The first kappa shape index (κ1) is 34.0. The predicted molar refractivity (Wildman–Crippen MR) is 179 cm³/mol. The zero-order chi connectivity index (χ0) is 32.9. The normalized spacial score (nSPS) is 12.2. The molecule has 1 unspecified atom stereocenters. The van der Waals surface area contributed by atoms with Crippen molar-refractivity contribution in [2.45, 2.75) is 51.9 Å². The number of pyridine rings is 1. The number of rotatable bonds is 16. The van der Waals surface area contributed by atoms with Gasteiger partial charge in [0.05, 0.1) is 26.2 Å². The molecule has 10 nitrogen and oxygen atoms in total. The number of carbonyl (C=O) groups excluding carboxylic acids is 2. The molecular weight excluding hydrogens is 582 g/mol. The lowest BCUT2D eigenvalue weighted by molar-refractivity contribution is -0.120. The van der Waals surface area contributed by atoms with Gasteiger partial charge in [0.15, 0.2) is 11.5 Å². The van der Waals surface area contributed by atoms with Crippen molar-refractivity contribution in [2.24, 2.45) is 0 Å². The van der Waals surface area contributed by atoms with Crippen LogP contribution in [0.5, 0.6) is 11.5 Å². The highest BCUT2D eigenvalue weighted by Crippen LogP contribution is 2.28. The van der Waals surface area contributed by atoms with Crippen molar-refractivity contribution >= 4 is 17.6 Å². The maximum absolute atomic E-state index is 12.7. The summed E-state index contributed by atoms with van der Waals surface area (Å²) in [6, 6.07) is 24.3. The summed E-state index contributed by atoms with van der Waals surface area (Å²) in [7, 11) is 1.59. The van der Waals surface area contributed by atoms with Crippen LogP contribution >= 0.6 is 0 Å². The van der Waals surface area contributed by atoms with E-state index in [-0.39, 0.29) is 24.3 Å². The van der Waals surface area contributed by atoms with Crippen LogP contribution in [0.2, 0.25) is 0 Å². The standard InChI is InChI=1S/C36H43N5O5/c1-4-46-33-18-28(10-14-32(33)45-3)21-41-36(44)29-11-8-25(9-12-29)20-40-35(43)19-27-7-5-6-26(17-27)16-24(2)38-23-31(42)30-13-15-34(37)39-22-30/h5-15,17-18,22,24,31,38,42H,4,16,19-21,23H2,1-3H3,(H2,37,39)(H,40,43)(H,41,44)/t24?,31-/m0/s1. The van der Waals surface area contributed by atoms with Gasteiger partial charge in [0.2, 0.25) is 5.91 Å². The van der Waals surface area contributed by atoms with Gasteiger partial charge >= 0.3 is 0 Å². The van der Waals surface area contributed by atoms with Crippen LogP contribution < -0.4 is 31.2 Å². The average molecular weight is 626 g/mol. The van der Waals surface area contributed by atoms with Crippen LogP contribution in [0, 0.1) is 0 Å². The van der Waals surface area contributed by atoms with Gasteiger partial charge in [-0.15, -0.1) is 0 Å². The molecule has 46 heavy (non-hydrogen) atoms. The van der Waals surface area contributed by atoms with E-state index in [0.29, 0.717) is 54.7 Å². The summed E-state index contributed by atoms with van der Waals surface area (Å²) in [6.45, 7) is 5.58. The lowest BCUT2D eigenvalue weighted by atomic mass is 10.0. The zero-order valence-corrected chi connectivity index (χ0v) is 26.6. The molecule has 4 aromatic rings. The number of methoxy groups -OCH3 is 1. The van der Waals surface area contributed by atoms with Crippen molar-refractivity contribution in [2.75, 3.05) is 26.0 Å². The highest BCUT2D eigenvalue weighted by molar-refractivity contribution is 5.94. The van der Waals surface area contributed by atoms with Gasteiger partial charge in [0, 0.05) is 43.0 Å². The molecule has 1 heterocycles. The Morgan fingerprint density at radius 3 is 2.35 bits per heavy atom. The molecule has 6 N–H and O–H groups in total. The minimum Gasteiger partial charge on any atom is -0.493 e. The van der Waals surface area contributed by atoms with Crippen LogP contribution in [0.3, 0.4) is 0 Å². The minimum absolute atomic E-state index is 0.0868. The third kappa shape index (κ3) is 10.3. The van der Waals surface area contributed by atoms with Crippen molar-refractivity contribution in [1.82, 2.24) is 20.9 Å². The van der Waals surface area contributed by atoms with Crippen molar-refractivity contribution in [3.05, 3.63) is 118 Å². The van der Waals surface area contributed by atoms with E-state index < -0.39 is 6.10 Å². The molecular formula is C36H43N5O5. The fourth-order valence-electron chi connectivity index (χ4n) is 4.94. The molecule has 0 fully saturated rings. The first-order valence-electron chi connectivity index (χ1n) is 15.4. The summed E-state index contributed by atoms with van der Waals surface area (Å²) >= 11 is 0. The summed E-state index contributed by atoms with van der Waals surface area (Å²) in [4.78, 5) is 29.4. The summed E-state index contributed by atoms with van der Waals surface area (Å²) in [5.41, 5.74) is 10.7. The van der Waals surface area contributed by atoms with Crippen molar-refractivity contribution in [3.8, 4) is 11.5 Å². The van der Waals surface area contributed by atoms with Crippen LogP contribution in [-0.4, -0.2) is 48.2 Å². The van der Waals surface area contributed by atoms with Crippen LogP contribution in [-0.2, 0) is 30.7 Å². The lowest BCUT2D eigenvalue weighted by Gasteiger charge is -2.18. The number of nitrogen functional groups attached to an aromatic ring is 1. The molecule has 3 aromatic carbocycles. The maximum atomic E-state index is 12.7. The molecule has 0 saturated heterocycles. The Balaban J connectivity index is 1.20. The van der Waals surface area contributed by atoms with E-state index in [4.69, 9.17) is 15.2 Å². The number of aliphatic hydroxyl groups is 1. The highest BCUT2D eigenvalue weighted by Gasteiger charge is 2.12. The smallest absolute Gasteiger partial charge is 0.251 e. The van der Waals surface area contributed by atoms with E-state index in [9.17, 15) is 14.7 Å². The van der Waals surface area contributed by atoms with Crippen LogP contribution in [0.25, 0.3) is 0 Å². The number of aliphatic hydroxyl groups excluding tert-OH is 1. The molecule has 2 atom stereocenters. The number of nitrogens with zero attached hydrogens (tertiary/aromatic N) is 1. The Bertz CT molecular complexity index is 1580. The molecule has 1 aromatic heterocycles. The van der Waals surface area contributed by atoms with Gasteiger partial charge in [0.1, 0.15) is 5.82 Å². The largest absolute Gasteiger partial charge is 0.493 e. The molecule has 0 spiro atoms. The minimum atomic E-state index is -0.682. The number of hydrogen-bond acceptors (Lipinski definition) is 8. The van der Waals surface area contributed by atoms with Crippen LogP contribution in [0.15, 0.2) is 85.1 Å². The fraction of sp³-hybridized carbons (Fsp3) is 0.306. The predicted octanol–water partition coefficient (Wildman–Crippen LogP) is 4.11.